The molecule has 0 aromatic heterocycles. The molecule has 12 heavy (non-hydrogen) atoms. The van der Waals surface area contributed by atoms with Crippen LogP contribution in [0.5, 0.6) is 0 Å². The summed E-state index contributed by atoms with van der Waals surface area (Å²) in [7, 11) is 0. The lowest BCUT2D eigenvalue weighted by Gasteiger charge is -2.10. The van der Waals surface area contributed by atoms with E-state index in [9.17, 15) is 5.11 Å². The maximum Gasteiger partial charge on any atom is 0.0743 e. The topological polar surface area (TPSA) is 40.5 Å². The minimum absolute atomic E-state index is 0.368. The Balaban J connectivity index is 3.66. The summed E-state index contributed by atoms with van der Waals surface area (Å²) in [6, 6.07) is 0. The molecule has 2 atom stereocenters. The van der Waals surface area contributed by atoms with Crippen LogP contribution in [0.15, 0.2) is 24.3 Å². The lowest BCUT2D eigenvalue weighted by Crippen LogP contribution is -2.14. The molecule has 0 heterocycles. The molecule has 0 amide bonds. The molecule has 0 rings (SSSR count). The molecule has 0 aromatic rings. The van der Waals surface area contributed by atoms with Crippen molar-refractivity contribution in [1.82, 2.24) is 0 Å². The molecule has 0 saturated heterocycles. The van der Waals surface area contributed by atoms with E-state index in [4.69, 9.17) is 5.11 Å². The molecular weight excluding hydrogens is 152 g/mol. The van der Waals surface area contributed by atoms with Crippen molar-refractivity contribution in [3.8, 4) is 0 Å². The molecule has 70 valence electrons. The van der Waals surface area contributed by atoms with Crippen LogP contribution in [0.2, 0.25) is 0 Å². The van der Waals surface area contributed by atoms with Gasteiger partial charge in [0.1, 0.15) is 0 Å². The first-order valence-electron chi connectivity index (χ1n) is 4.18. The van der Waals surface area contributed by atoms with E-state index in [0.717, 1.165) is 0 Å². The normalized spacial score (nSPS) is 15.0. The van der Waals surface area contributed by atoms with Crippen molar-refractivity contribution in [2.24, 2.45) is 0 Å². The van der Waals surface area contributed by atoms with Crippen LogP contribution in [0.3, 0.4) is 0 Å². The van der Waals surface area contributed by atoms with E-state index >= 15 is 0 Å². The number of allylic oxidation sites excluding steroid dienone is 1. The lowest BCUT2D eigenvalue weighted by molar-refractivity contribution is 0.106. The molecule has 2 nitrogen and oxygen atoms in total. The van der Waals surface area contributed by atoms with E-state index in [1.54, 1.807) is 0 Å². The quantitative estimate of drug-likeness (QED) is 0.616. The van der Waals surface area contributed by atoms with E-state index in [2.05, 4.69) is 6.58 Å². The van der Waals surface area contributed by atoms with Gasteiger partial charge in [0.2, 0.25) is 0 Å². The van der Waals surface area contributed by atoms with Gasteiger partial charge in [0.05, 0.1) is 12.2 Å². The Hall–Kier alpha value is -0.600. The maximum atomic E-state index is 9.35. The van der Waals surface area contributed by atoms with E-state index < -0.39 is 12.2 Å². The summed E-state index contributed by atoms with van der Waals surface area (Å²) >= 11 is 0. The smallest absolute Gasteiger partial charge is 0.0743 e. The fraction of sp³-hybridized carbons (Fsp3) is 0.600. The van der Waals surface area contributed by atoms with Gasteiger partial charge in [-0.1, -0.05) is 17.7 Å². The predicted octanol–water partition coefficient (Wildman–Crippen LogP) is 1.64. The van der Waals surface area contributed by atoms with Crippen LogP contribution in [0.25, 0.3) is 0 Å². The lowest BCUT2D eigenvalue weighted by atomic mass is 10.1. The monoisotopic (exact) mass is 170 g/mol. The van der Waals surface area contributed by atoms with Crippen LogP contribution in [0, 0.1) is 0 Å². The van der Waals surface area contributed by atoms with Gasteiger partial charge >= 0.3 is 0 Å². The van der Waals surface area contributed by atoms with Crippen molar-refractivity contribution in [3.63, 3.8) is 0 Å². The molecule has 0 radical (unpaired) electrons. The van der Waals surface area contributed by atoms with Crippen molar-refractivity contribution in [2.45, 2.75) is 38.9 Å². The zero-order valence-electron chi connectivity index (χ0n) is 7.83. The molecule has 2 heteroatoms. The van der Waals surface area contributed by atoms with E-state index in [1.165, 1.54) is 11.6 Å². The standard InChI is InChI=1S/C10H18O2/c1-4-9(11)7-10(12)6-5-8(2)3/h4-5,9-12H,1,6-7H2,2-3H3/t9-,10+/m1/s1. The SMILES string of the molecule is C=C[C@@H](O)C[C@@H](O)CC=C(C)C. The number of rotatable bonds is 5. The van der Waals surface area contributed by atoms with Crippen LogP contribution < -0.4 is 0 Å². The Kier molecular flexibility index (Phi) is 5.68. The molecule has 0 bridgehead atoms. The summed E-state index contributed by atoms with van der Waals surface area (Å²) in [5.41, 5.74) is 1.18. The molecular formula is C10H18O2. The summed E-state index contributed by atoms with van der Waals surface area (Å²) in [5, 5.41) is 18.4. The van der Waals surface area contributed by atoms with Gasteiger partial charge in [-0.05, 0) is 20.3 Å². The third-order valence-electron chi connectivity index (χ3n) is 1.58. The predicted molar refractivity (Wildman–Crippen MR) is 50.9 cm³/mol. The van der Waals surface area contributed by atoms with Gasteiger partial charge < -0.3 is 10.2 Å². The minimum Gasteiger partial charge on any atom is -0.393 e. The first-order valence-corrected chi connectivity index (χ1v) is 4.18. The van der Waals surface area contributed by atoms with Crippen molar-refractivity contribution in [2.75, 3.05) is 0 Å². The molecule has 0 aliphatic carbocycles. The fourth-order valence-electron chi connectivity index (χ4n) is 0.843. The first kappa shape index (κ1) is 11.4. The van der Waals surface area contributed by atoms with Crippen LogP contribution in [0.4, 0.5) is 0 Å². The summed E-state index contributed by atoms with van der Waals surface area (Å²) in [4.78, 5) is 0. The van der Waals surface area contributed by atoms with Crippen LogP contribution in [-0.4, -0.2) is 22.4 Å². The summed E-state index contributed by atoms with van der Waals surface area (Å²) < 4.78 is 0. The van der Waals surface area contributed by atoms with Gasteiger partial charge in [-0.3, -0.25) is 0 Å². The minimum atomic E-state index is -0.592. The average molecular weight is 170 g/mol. The highest BCUT2D eigenvalue weighted by atomic mass is 16.3. The maximum absolute atomic E-state index is 9.35. The molecule has 0 aliphatic heterocycles. The van der Waals surface area contributed by atoms with Gasteiger partial charge in [0, 0.05) is 6.42 Å². The highest BCUT2D eigenvalue weighted by Gasteiger charge is 2.06. The van der Waals surface area contributed by atoms with Gasteiger partial charge in [-0.2, -0.15) is 0 Å². The first-order chi connectivity index (χ1) is 5.56. The van der Waals surface area contributed by atoms with Crippen LogP contribution >= 0.6 is 0 Å². The molecule has 0 aromatic carbocycles. The van der Waals surface area contributed by atoms with Gasteiger partial charge in [-0.15, -0.1) is 6.58 Å². The van der Waals surface area contributed by atoms with Crippen LogP contribution in [0.1, 0.15) is 26.7 Å². The van der Waals surface area contributed by atoms with Gasteiger partial charge in [0.15, 0.2) is 0 Å². The molecule has 0 spiro atoms. The molecule has 0 fully saturated rings. The zero-order chi connectivity index (χ0) is 9.56. The molecule has 0 saturated carbocycles. The molecule has 0 aliphatic rings. The van der Waals surface area contributed by atoms with Crippen molar-refractivity contribution < 1.29 is 10.2 Å². The Morgan fingerprint density at radius 1 is 1.42 bits per heavy atom. The van der Waals surface area contributed by atoms with E-state index in [1.807, 2.05) is 19.9 Å². The number of aliphatic hydroxyl groups is 2. The zero-order valence-corrected chi connectivity index (χ0v) is 7.83. The summed E-state index contributed by atoms with van der Waals surface area (Å²) in [5.74, 6) is 0. The van der Waals surface area contributed by atoms with Gasteiger partial charge in [0.25, 0.3) is 0 Å². The number of hydrogen-bond donors (Lipinski definition) is 2. The third-order valence-corrected chi connectivity index (χ3v) is 1.58. The summed E-state index contributed by atoms with van der Waals surface area (Å²) in [6.45, 7) is 7.40. The van der Waals surface area contributed by atoms with E-state index in [0.29, 0.717) is 12.8 Å². The van der Waals surface area contributed by atoms with Crippen molar-refractivity contribution >= 4 is 0 Å². The Morgan fingerprint density at radius 2 is 2.00 bits per heavy atom. The Bertz CT molecular complexity index is 157. The second-order valence-electron chi connectivity index (χ2n) is 3.21. The van der Waals surface area contributed by atoms with Gasteiger partial charge in [-0.25, -0.2) is 0 Å². The second-order valence-corrected chi connectivity index (χ2v) is 3.21. The van der Waals surface area contributed by atoms with Crippen molar-refractivity contribution in [1.29, 1.82) is 0 Å². The molecule has 0 unspecified atom stereocenters. The fourth-order valence-corrected chi connectivity index (χ4v) is 0.843. The van der Waals surface area contributed by atoms with Crippen LogP contribution in [-0.2, 0) is 0 Å². The Labute approximate surface area is 74.2 Å². The third kappa shape index (κ3) is 6.13. The second kappa shape index (κ2) is 5.98. The van der Waals surface area contributed by atoms with E-state index in [-0.39, 0.29) is 0 Å². The number of hydrogen-bond acceptors (Lipinski definition) is 2. The highest BCUT2D eigenvalue weighted by Crippen LogP contribution is 2.05. The number of aliphatic hydroxyl groups excluding tert-OH is 2. The Morgan fingerprint density at radius 3 is 2.42 bits per heavy atom. The summed E-state index contributed by atoms with van der Waals surface area (Å²) in [6.07, 6.45) is 3.31. The van der Waals surface area contributed by atoms with Crippen molar-refractivity contribution in [3.05, 3.63) is 24.3 Å². The average Bonchev–Trinajstić information content (AvgIpc) is 2.00. The molecule has 2 N–H and O–H groups in total. The highest BCUT2D eigenvalue weighted by molar-refractivity contribution is 4.95. The largest absolute Gasteiger partial charge is 0.393 e.